The molecule has 2 unspecified atom stereocenters. The Bertz CT molecular complexity index is 1480. The van der Waals surface area contributed by atoms with Crippen LogP contribution in [-0.2, 0) is 0 Å². The molecule has 1 aliphatic carbocycles. The molecule has 2 heterocycles. The maximum absolute atomic E-state index is 5.22. The third kappa shape index (κ3) is 3.70. The standard InChI is InChI=1S/C33H30N2/c1-20-15-26-28(17-22(20)3)32(24-11-7-5-8-12-24)34-30(26)19-31-27-16-21(2)23(4)18-29(27)33(35-31)25-13-9-6-10-14-25/h5-19,26,30,34H,1-4H3/b31-19-. The van der Waals surface area contributed by atoms with Gasteiger partial charge in [0.25, 0.3) is 0 Å². The fourth-order valence-corrected chi connectivity index (χ4v) is 5.39. The van der Waals surface area contributed by atoms with E-state index in [4.69, 9.17) is 4.99 Å². The van der Waals surface area contributed by atoms with Gasteiger partial charge in [-0.15, -0.1) is 0 Å². The van der Waals surface area contributed by atoms with Crippen molar-refractivity contribution < 1.29 is 0 Å². The smallest absolute Gasteiger partial charge is 0.0788 e. The maximum atomic E-state index is 5.22. The summed E-state index contributed by atoms with van der Waals surface area (Å²) in [6.07, 6.45) is 7.14. The lowest BCUT2D eigenvalue weighted by Crippen LogP contribution is -2.26. The quantitative estimate of drug-likeness (QED) is 0.438. The molecule has 2 nitrogen and oxygen atoms in total. The van der Waals surface area contributed by atoms with Crippen LogP contribution in [0, 0.1) is 19.8 Å². The minimum absolute atomic E-state index is 0.142. The number of aliphatic imine (C=N–C) groups is 1. The number of hydrogen-bond donors (Lipinski definition) is 1. The highest BCUT2D eigenvalue weighted by Crippen LogP contribution is 2.41. The normalized spacial score (nSPS) is 21.8. The van der Waals surface area contributed by atoms with Gasteiger partial charge in [0, 0.05) is 28.3 Å². The van der Waals surface area contributed by atoms with Crippen molar-refractivity contribution in [3.63, 3.8) is 0 Å². The van der Waals surface area contributed by atoms with Gasteiger partial charge in [-0.05, 0) is 73.7 Å². The van der Waals surface area contributed by atoms with Gasteiger partial charge >= 0.3 is 0 Å². The zero-order valence-electron chi connectivity index (χ0n) is 20.8. The van der Waals surface area contributed by atoms with Crippen LogP contribution in [0.25, 0.3) is 11.4 Å². The zero-order chi connectivity index (χ0) is 24.1. The summed E-state index contributed by atoms with van der Waals surface area (Å²) in [7, 11) is 0. The summed E-state index contributed by atoms with van der Waals surface area (Å²) in [4.78, 5) is 5.22. The van der Waals surface area contributed by atoms with Crippen LogP contribution in [0.2, 0.25) is 0 Å². The predicted molar refractivity (Wildman–Crippen MR) is 147 cm³/mol. The second-order valence-electron chi connectivity index (χ2n) is 9.93. The Morgan fingerprint density at radius 3 is 2.06 bits per heavy atom. The van der Waals surface area contributed by atoms with Crippen molar-refractivity contribution >= 4 is 17.1 Å². The van der Waals surface area contributed by atoms with E-state index >= 15 is 0 Å². The molecular formula is C33H30N2. The molecule has 2 atom stereocenters. The number of aryl methyl sites for hydroxylation is 2. The number of fused-ring (bicyclic) bond motifs is 2. The molecule has 0 spiro atoms. The number of allylic oxidation sites excluding steroid dienone is 3. The molecule has 2 heteroatoms. The van der Waals surface area contributed by atoms with Crippen molar-refractivity contribution in [2.45, 2.75) is 33.7 Å². The van der Waals surface area contributed by atoms with Crippen LogP contribution in [0.5, 0.6) is 0 Å². The summed E-state index contributed by atoms with van der Waals surface area (Å²) >= 11 is 0. The summed E-state index contributed by atoms with van der Waals surface area (Å²) in [5, 5.41) is 3.87. The van der Waals surface area contributed by atoms with Crippen molar-refractivity contribution in [1.82, 2.24) is 5.32 Å². The molecule has 1 N–H and O–H groups in total. The minimum Gasteiger partial charge on any atom is -0.377 e. The van der Waals surface area contributed by atoms with Gasteiger partial charge in [-0.2, -0.15) is 0 Å². The molecule has 2 aliphatic heterocycles. The van der Waals surface area contributed by atoms with E-state index in [0.717, 1.165) is 17.0 Å². The number of nitrogens with zero attached hydrogens (tertiary/aromatic N) is 1. The lowest BCUT2D eigenvalue weighted by atomic mass is 9.84. The van der Waals surface area contributed by atoms with Crippen LogP contribution in [0.3, 0.4) is 0 Å². The molecule has 172 valence electrons. The zero-order valence-corrected chi connectivity index (χ0v) is 20.8. The van der Waals surface area contributed by atoms with E-state index < -0.39 is 0 Å². The van der Waals surface area contributed by atoms with Crippen LogP contribution < -0.4 is 5.32 Å². The Hall–Kier alpha value is -3.91. The summed E-state index contributed by atoms with van der Waals surface area (Å²) in [6, 6.07) is 26.0. The Morgan fingerprint density at radius 1 is 0.743 bits per heavy atom. The van der Waals surface area contributed by atoms with Crippen molar-refractivity contribution in [3.8, 4) is 0 Å². The highest BCUT2D eigenvalue weighted by atomic mass is 15.0. The SMILES string of the molecule is CC1=CC2=C(c3ccccc3)NC(/C=C3\N=C(c4ccccc4)c4cc(C)c(C)cc43)C2C=C1C. The summed E-state index contributed by atoms with van der Waals surface area (Å²) in [5.74, 6) is 0.285. The third-order valence-corrected chi connectivity index (χ3v) is 7.61. The van der Waals surface area contributed by atoms with Crippen molar-refractivity contribution in [2.24, 2.45) is 10.9 Å². The number of benzene rings is 3. The second kappa shape index (κ2) is 8.39. The first-order chi connectivity index (χ1) is 17.0. The molecule has 0 amide bonds. The van der Waals surface area contributed by atoms with E-state index in [1.54, 1.807) is 0 Å². The summed E-state index contributed by atoms with van der Waals surface area (Å²) in [6.45, 7) is 8.80. The molecule has 3 aromatic carbocycles. The van der Waals surface area contributed by atoms with Gasteiger partial charge in [0.05, 0.1) is 17.5 Å². The van der Waals surface area contributed by atoms with E-state index in [1.165, 1.54) is 50.2 Å². The monoisotopic (exact) mass is 454 g/mol. The predicted octanol–water partition coefficient (Wildman–Crippen LogP) is 7.40. The molecule has 0 saturated heterocycles. The van der Waals surface area contributed by atoms with Crippen LogP contribution >= 0.6 is 0 Å². The van der Waals surface area contributed by atoms with Crippen molar-refractivity contribution in [3.05, 3.63) is 141 Å². The first-order valence-electron chi connectivity index (χ1n) is 12.4. The Kier molecular flexibility index (Phi) is 5.18. The topological polar surface area (TPSA) is 24.4 Å². The van der Waals surface area contributed by atoms with E-state index in [0.29, 0.717) is 0 Å². The van der Waals surface area contributed by atoms with E-state index in [9.17, 15) is 0 Å². The fourth-order valence-electron chi connectivity index (χ4n) is 5.39. The van der Waals surface area contributed by atoms with E-state index in [-0.39, 0.29) is 12.0 Å². The fraction of sp³-hybridized carbons (Fsp3) is 0.182. The summed E-state index contributed by atoms with van der Waals surface area (Å²) in [5.41, 5.74) is 14.9. The van der Waals surface area contributed by atoms with Crippen molar-refractivity contribution in [1.29, 1.82) is 0 Å². The van der Waals surface area contributed by atoms with E-state index in [2.05, 4.69) is 124 Å². The first-order valence-corrected chi connectivity index (χ1v) is 12.4. The van der Waals surface area contributed by atoms with Crippen LogP contribution in [0.15, 0.2) is 113 Å². The van der Waals surface area contributed by atoms with E-state index in [1.807, 2.05) is 0 Å². The van der Waals surface area contributed by atoms with Gasteiger partial charge in [-0.3, -0.25) is 0 Å². The van der Waals surface area contributed by atoms with Crippen LogP contribution in [0.4, 0.5) is 0 Å². The molecule has 3 aliphatic rings. The molecular weight excluding hydrogens is 424 g/mol. The number of nitrogens with one attached hydrogen (secondary N) is 1. The molecule has 35 heavy (non-hydrogen) atoms. The van der Waals surface area contributed by atoms with Crippen molar-refractivity contribution in [2.75, 3.05) is 0 Å². The number of rotatable bonds is 3. The van der Waals surface area contributed by atoms with Gasteiger partial charge in [-0.1, -0.05) is 78.4 Å². The molecule has 0 fully saturated rings. The van der Waals surface area contributed by atoms with Crippen LogP contribution in [0.1, 0.15) is 47.2 Å². The highest BCUT2D eigenvalue weighted by molar-refractivity contribution is 6.20. The van der Waals surface area contributed by atoms with Gasteiger partial charge < -0.3 is 5.32 Å². The van der Waals surface area contributed by atoms with Gasteiger partial charge in [0.15, 0.2) is 0 Å². The van der Waals surface area contributed by atoms with Crippen LogP contribution in [-0.4, -0.2) is 11.8 Å². The Balaban J connectivity index is 1.47. The van der Waals surface area contributed by atoms with Gasteiger partial charge in [0.2, 0.25) is 0 Å². The third-order valence-electron chi connectivity index (χ3n) is 7.61. The molecule has 0 aromatic heterocycles. The van der Waals surface area contributed by atoms with Gasteiger partial charge in [-0.25, -0.2) is 4.99 Å². The van der Waals surface area contributed by atoms with Gasteiger partial charge in [0.1, 0.15) is 0 Å². The summed E-state index contributed by atoms with van der Waals surface area (Å²) < 4.78 is 0. The lowest BCUT2D eigenvalue weighted by molar-refractivity contribution is 0.642. The number of hydrogen-bond acceptors (Lipinski definition) is 2. The maximum Gasteiger partial charge on any atom is 0.0788 e. The Morgan fingerprint density at radius 2 is 1.37 bits per heavy atom. The average Bonchev–Trinajstić information content (AvgIpc) is 3.39. The molecule has 0 bridgehead atoms. The molecule has 6 rings (SSSR count). The second-order valence-corrected chi connectivity index (χ2v) is 9.93. The molecule has 3 aromatic rings. The average molecular weight is 455 g/mol. The largest absolute Gasteiger partial charge is 0.377 e. The lowest BCUT2D eigenvalue weighted by Gasteiger charge is -2.21. The molecule has 0 radical (unpaired) electrons. The Labute approximate surface area is 208 Å². The first kappa shape index (κ1) is 21.6. The highest BCUT2D eigenvalue weighted by Gasteiger charge is 2.34. The minimum atomic E-state index is 0.142. The molecule has 0 saturated carbocycles.